The van der Waals surface area contributed by atoms with Crippen LogP contribution < -0.4 is 28.7 Å². The van der Waals surface area contributed by atoms with Crippen LogP contribution in [0, 0.1) is 24.0 Å². The van der Waals surface area contributed by atoms with E-state index in [-0.39, 0.29) is 61.1 Å². The first kappa shape index (κ1) is 45.7. The fourth-order valence-electron chi connectivity index (χ4n) is 9.61. The van der Waals surface area contributed by atoms with Gasteiger partial charge in [0.2, 0.25) is 5.88 Å². The molecule has 354 valence electrons. The van der Waals surface area contributed by atoms with Gasteiger partial charge in [0, 0.05) is 25.2 Å². The standard InChI is InChI=1S/C49H51F5N6O7/c1-26-37(49(52,53)54)33(20-35(38(26)50)58(21-28-8-13-31(63-6)14-9-28)22-29-10-15-32(64-7)16-11-29)40-39(51)41-36-43(57-45(56-41)65-25-48(24-61)18-19-48)59-23-30-12-17-34(42(59)27(2)66-44(36)55-40)60(30)46(62)67-47(3,4)5/h8-11,13-16,20,24,27,30,34,42H,12,17-19,21-23,25H2,1-7H3/t27-,30+,34-,42+/m0/s1. The molecule has 4 atom stereocenters. The average molecular weight is 931 g/mol. The number of alkyl halides is 3. The first-order chi connectivity index (χ1) is 31.8. The van der Waals surface area contributed by atoms with E-state index in [1.54, 1.807) is 86.0 Å². The lowest BCUT2D eigenvalue weighted by Crippen LogP contribution is -2.65. The Labute approximate surface area is 384 Å². The maximum atomic E-state index is 17.8. The Bertz CT molecular complexity index is 2680. The van der Waals surface area contributed by atoms with Gasteiger partial charge in [-0.25, -0.2) is 18.6 Å². The Morgan fingerprint density at radius 2 is 1.55 bits per heavy atom. The van der Waals surface area contributed by atoms with Crippen LogP contribution in [0.4, 0.5) is 38.3 Å². The van der Waals surface area contributed by atoms with Gasteiger partial charge in [0.05, 0.1) is 49.0 Å². The number of pyridine rings is 1. The summed E-state index contributed by atoms with van der Waals surface area (Å²) in [5, 5.41) is -0.0159. The van der Waals surface area contributed by atoms with Gasteiger partial charge in [0.25, 0.3) is 0 Å². The Morgan fingerprint density at radius 1 is 0.925 bits per heavy atom. The van der Waals surface area contributed by atoms with E-state index in [2.05, 4.69) is 9.97 Å². The maximum Gasteiger partial charge on any atom is 0.417 e. The van der Waals surface area contributed by atoms with Crippen molar-refractivity contribution in [1.29, 1.82) is 0 Å². The SMILES string of the molecule is COc1ccc(CN(Cc2ccc(OC)cc2)c2cc(-c3nc4c5c(nc(OCC6(C=O)CC6)nc5c3F)N3C[C@H]5CC[C@@H]([C@H]3[C@H](C)O4)N5C(=O)OC(C)(C)C)c(C(F)(F)F)c(C)c2F)cc1. The Morgan fingerprint density at radius 3 is 2.10 bits per heavy atom. The van der Waals surface area contributed by atoms with Gasteiger partial charge in [-0.05, 0) is 107 Å². The molecule has 2 saturated heterocycles. The predicted molar refractivity (Wildman–Crippen MR) is 238 cm³/mol. The Hall–Kier alpha value is -6.46. The van der Waals surface area contributed by atoms with Crippen LogP contribution in [0.5, 0.6) is 23.4 Å². The molecule has 3 fully saturated rings. The number of ether oxygens (including phenoxy) is 5. The summed E-state index contributed by atoms with van der Waals surface area (Å²) in [5.74, 6) is -1.39. The number of fused-ring (bicyclic) bond motifs is 5. The number of anilines is 2. The molecule has 1 saturated carbocycles. The number of carbonyl (C=O) groups is 2. The Balaban J connectivity index is 1.23. The van der Waals surface area contributed by atoms with Crippen molar-refractivity contribution in [2.24, 2.45) is 5.41 Å². The summed E-state index contributed by atoms with van der Waals surface area (Å²) in [6, 6.07) is 13.1. The van der Waals surface area contributed by atoms with Gasteiger partial charge in [-0.2, -0.15) is 23.1 Å². The number of amides is 1. The lowest BCUT2D eigenvalue weighted by Gasteiger charge is -2.48. The van der Waals surface area contributed by atoms with E-state index in [4.69, 9.17) is 28.7 Å². The minimum absolute atomic E-state index is 0.0159. The van der Waals surface area contributed by atoms with Gasteiger partial charge in [0.1, 0.15) is 64.3 Å². The molecule has 67 heavy (non-hydrogen) atoms. The number of aldehydes is 1. The average Bonchev–Trinajstić information content (AvgIpc) is 4.03. The summed E-state index contributed by atoms with van der Waals surface area (Å²) >= 11 is 0. The van der Waals surface area contributed by atoms with Crippen molar-refractivity contribution in [3.63, 3.8) is 0 Å². The zero-order valence-electron chi connectivity index (χ0n) is 38.2. The largest absolute Gasteiger partial charge is 0.497 e. The summed E-state index contributed by atoms with van der Waals surface area (Å²) < 4.78 is 110. The van der Waals surface area contributed by atoms with Gasteiger partial charge in [0.15, 0.2) is 5.82 Å². The number of methoxy groups -OCH3 is 2. The highest BCUT2D eigenvalue weighted by Gasteiger charge is 2.54. The molecule has 2 aromatic heterocycles. The molecule has 3 aromatic carbocycles. The van der Waals surface area contributed by atoms with E-state index in [9.17, 15) is 9.59 Å². The van der Waals surface area contributed by atoms with Crippen molar-refractivity contribution < 1.29 is 55.2 Å². The molecule has 0 unspecified atom stereocenters. The summed E-state index contributed by atoms with van der Waals surface area (Å²) in [5.41, 5.74) is -4.64. The summed E-state index contributed by atoms with van der Waals surface area (Å²) in [4.78, 5) is 44.7. The lowest BCUT2D eigenvalue weighted by molar-refractivity contribution is -0.137. The van der Waals surface area contributed by atoms with Crippen LogP contribution in [0.25, 0.3) is 22.2 Å². The highest BCUT2D eigenvalue weighted by molar-refractivity contribution is 5.98. The van der Waals surface area contributed by atoms with Crippen molar-refractivity contribution in [3.8, 4) is 34.6 Å². The van der Waals surface area contributed by atoms with Crippen LogP contribution in [0.3, 0.4) is 0 Å². The van der Waals surface area contributed by atoms with Crippen LogP contribution >= 0.6 is 0 Å². The van der Waals surface area contributed by atoms with Crippen LogP contribution in [0.15, 0.2) is 54.6 Å². The molecule has 5 aromatic rings. The van der Waals surface area contributed by atoms with Crippen LogP contribution in [-0.4, -0.2) is 89.4 Å². The molecular weight excluding hydrogens is 880 g/mol. The quantitative estimate of drug-likeness (QED) is 0.0873. The highest BCUT2D eigenvalue weighted by Crippen LogP contribution is 2.50. The van der Waals surface area contributed by atoms with Crippen molar-refractivity contribution in [2.45, 2.75) is 109 Å². The summed E-state index contributed by atoms with van der Waals surface area (Å²) in [6.45, 7) is 8.24. The normalized spacial score (nSPS) is 20.4. The molecule has 1 aliphatic carbocycles. The van der Waals surface area contributed by atoms with Crippen molar-refractivity contribution >= 4 is 34.8 Å². The van der Waals surface area contributed by atoms with Crippen LogP contribution in [-0.2, 0) is 28.8 Å². The molecule has 5 heterocycles. The topological polar surface area (TPSA) is 129 Å². The number of carbonyl (C=O) groups excluding carboxylic acids is 2. The lowest BCUT2D eigenvalue weighted by atomic mass is 9.95. The van der Waals surface area contributed by atoms with Crippen LogP contribution in [0.2, 0.25) is 0 Å². The van der Waals surface area contributed by atoms with E-state index < -0.39 is 81.0 Å². The number of benzene rings is 3. The minimum atomic E-state index is -5.19. The molecular formula is C49H51F5N6O7. The van der Waals surface area contributed by atoms with E-state index in [1.165, 1.54) is 14.2 Å². The fourth-order valence-corrected chi connectivity index (χ4v) is 9.61. The second-order valence-corrected chi connectivity index (χ2v) is 18.9. The first-order valence-corrected chi connectivity index (χ1v) is 22.2. The van der Waals surface area contributed by atoms with Gasteiger partial charge in [-0.15, -0.1) is 0 Å². The second-order valence-electron chi connectivity index (χ2n) is 18.9. The zero-order chi connectivity index (χ0) is 47.7. The number of rotatable bonds is 12. The van der Waals surface area contributed by atoms with Gasteiger partial charge in [-0.1, -0.05) is 24.3 Å². The third kappa shape index (κ3) is 8.58. The van der Waals surface area contributed by atoms with E-state index >= 15 is 22.0 Å². The van der Waals surface area contributed by atoms with Crippen molar-refractivity contribution in [3.05, 3.63) is 88.5 Å². The third-order valence-corrected chi connectivity index (χ3v) is 13.1. The number of hydrogen-bond donors (Lipinski definition) is 0. The van der Waals surface area contributed by atoms with Gasteiger partial charge < -0.3 is 38.3 Å². The molecule has 1 amide bonds. The molecule has 18 heteroatoms. The monoisotopic (exact) mass is 930 g/mol. The highest BCUT2D eigenvalue weighted by atomic mass is 19.4. The van der Waals surface area contributed by atoms with Gasteiger partial charge in [-0.3, -0.25) is 4.90 Å². The number of halogens is 5. The second kappa shape index (κ2) is 17.0. The van der Waals surface area contributed by atoms with Gasteiger partial charge >= 0.3 is 18.3 Å². The number of aromatic nitrogens is 3. The van der Waals surface area contributed by atoms with Crippen LogP contribution in [0.1, 0.15) is 75.6 Å². The number of nitrogens with zero attached hydrogens (tertiary/aromatic N) is 6. The molecule has 3 aliphatic heterocycles. The molecule has 0 N–H and O–H groups in total. The Kier molecular flexibility index (Phi) is 11.6. The minimum Gasteiger partial charge on any atom is -0.497 e. The summed E-state index contributed by atoms with van der Waals surface area (Å²) in [7, 11) is 3.03. The predicted octanol–water partition coefficient (Wildman–Crippen LogP) is 9.62. The molecule has 9 rings (SSSR count). The fraction of sp³-hybridized carbons (Fsp3) is 0.449. The molecule has 13 nitrogen and oxygen atoms in total. The molecule has 0 radical (unpaired) electrons. The molecule has 4 aliphatic rings. The number of piperazine rings is 1. The van der Waals surface area contributed by atoms with Crippen molar-refractivity contribution in [1.82, 2.24) is 19.9 Å². The van der Waals surface area contributed by atoms with Crippen molar-refractivity contribution in [2.75, 3.05) is 37.2 Å². The van der Waals surface area contributed by atoms with E-state index in [0.29, 0.717) is 48.3 Å². The third-order valence-electron chi connectivity index (χ3n) is 13.1. The van der Waals surface area contributed by atoms with E-state index in [0.717, 1.165) is 19.3 Å². The maximum absolute atomic E-state index is 17.8. The van der Waals surface area contributed by atoms with E-state index in [1.807, 2.05) is 4.90 Å². The summed E-state index contributed by atoms with van der Waals surface area (Å²) in [6.07, 6.45) is -3.38. The smallest absolute Gasteiger partial charge is 0.417 e. The molecule has 0 spiro atoms. The zero-order valence-corrected chi connectivity index (χ0v) is 38.2. The number of hydrogen-bond acceptors (Lipinski definition) is 12. The first-order valence-electron chi connectivity index (χ1n) is 22.2. The molecule has 2 bridgehead atoms.